The molecule has 3 amide bonds. The van der Waals surface area contributed by atoms with Crippen LogP contribution in [-0.2, 0) is 4.79 Å². The molecule has 0 radical (unpaired) electrons. The highest BCUT2D eigenvalue weighted by molar-refractivity contribution is 5.93. The Morgan fingerprint density at radius 2 is 1.90 bits per heavy atom. The monoisotopic (exact) mass is 293 g/mol. The predicted molar refractivity (Wildman–Crippen MR) is 83.1 cm³/mol. The summed E-state index contributed by atoms with van der Waals surface area (Å²) >= 11 is 0. The van der Waals surface area contributed by atoms with Crippen LogP contribution >= 0.6 is 0 Å². The van der Waals surface area contributed by atoms with Gasteiger partial charge in [-0.15, -0.1) is 0 Å². The zero-order chi connectivity index (χ0) is 15.7. The second kappa shape index (κ2) is 8.78. The molecule has 0 saturated carbocycles. The van der Waals surface area contributed by atoms with Crippen molar-refractivity contribution in [2.75, 3.05) is 39.8 Å². The Balaban J connectivity index is 2.40. The average Bonchev–Trinajstić information content (AvgIpc) is 2.48. The zero-order valence-electron chi connectivity index (χ0n) is 12.4. The van der Waals surface area contributed by atoms with Gasteiger partial charge < -0.3 is 20.9 Å². The van der Waals surface area contributed by atoms with Gasteiger partial charge in [0, 0.05) is 46.2 Å². The van der Waals surface area contributed by atoms with Gasteiger partial charge in [-0.3, -0.25) is 9.79 Å². The van der Waals surface area contributed by atoms with Gasteiger partial charge >= 0.3 is 6.03 Å². The average molecular weight is 293 g/mol. The molecule has 21 heavy (non-hydrogen) atoms. The van der Waals surface area contributed by atoms with E-state index in [2.05, 4.69) is 21.8 Å². The number of allylic oxidation sites excluding steroid dienone is 2. The van der Waals surface area contributed by atoms with E-state index in [-0.39, 0.29) is 18.9 Å². The molecule has 1 fully saturated rings. The number of amidine groups is 1. The highest BCUT2D eigenvalue weighted by atomic mass is 16.2. The van der Waals surface area contributed by atoms with Gasteiger partial charge in [-0.1, -0.05) is 18.7 Å². The quantitative estimate of drug-likeness (QED) is 0.423. The summed E-state index contributed by atoms with van der Waals surface area (Å²) in [4.78, 5) is 30.7. The minimum absolute atomic E-state index is 0.0278. The SMILES string of the molecule is C=C/C=C\C(=NC)N1CCN(C(=O)CCNC(N)=O)CC1. The van der Waals surface area contributed by atoms with Gasteiger partial charge in [0.25, 0.3) is 0 Å². The largest absolute Gasteiger partial charge is 0.353 e. The van der Waals surface area contributed by atoms with Crippen molar-refractivity contribution in [3.8, 4) is 0 Å². The number of primary amides is 1. The molecule has 0 spiro atoms. The maximum atomic E-state index is 12.0. The molecule has 0 atom stereocenters. The number of piperazine rings is 1. The Morgan fingerprint density at radius 1 is 1.29 bits per heavy atom. The second-order valence-electron chi connectivity index (χ2n) is 4.59. The molecular weight excluding hydrogens is 270 g/mol. The van der Waals surface area contributed by atoms with Crippen molar-refractivity contribution in [3.63, 3.8) is 0 Å². The van der Waals surface area contributed by atoms with Gasteiger partial charge in [0.1, 0.15) is 5.84 Å². The number of urea groups is 1. The van der Waals surface area contributed by atoms with Gasteiger partial charge in [-0.25, -0.2) is 4.79 Å². The third kappa shape index (κ3) is 5.68. The lowest BCUT2D eigenvalue weighted by Gasteiger charge is -2.36. The number of hydrogen-bond acceptors (Lipinski definition) is 3. The summed E-state index contributed by atoms with van der Waals surface area (Å²) in [5, 5.41) is 2.42. The lowest BCUT2D eigenvalue weighted by molar-refractivity contribution is -0.132. The van der Waals surface area contributed by atoms with E-state index >= 15 is 0 Å². The summed E-state index contributed by atoms with van der Waals surface area (Å²) < 4.78 is 0. The molecule has 1 rings (SSSR count). The number of nitrogens with two attached hydrogens (primary N) is 1. The van der Waals surface area contributed by atoms with Gasteiger partial charge in [-0.05, 0) is 6.08 Å². The van der Waals surface area contributed by atoms with Gasteiger partial charge in [-0.2, -0.15) is 0 Å². The number of rotatable bonds is 5. The topological polar surface area (TPSA) is 91.0 Å². The van der Waals surface area contributed by atoms with Crippen LogP contribution in [0.1, 0.15) is 6.42 Å². The molecule has 1 aliphatic rings. The minimum atomic E-state index is -0.606. The molecule has 3 N–H and O–H groups in total. The van der Waals surface area contributed by atoms with E-state index in [1.807, 2.05) is 12.2 Å². The van der Waals surface area contributed by atoms with Crippen LogP contribution < -0.4 is 11.1 Å². The van der Waals surface area contributed by atoms with Crippen LogP contribution in [0, 0.1) is 0 Å². The number of aliphatic imine (C=N–C) groups is 1. The molecule has 116 valence electrons. The number of amides is 3. The smallest absolute Gasteiger partial charge is 0.312 e. The number of hydrogen-bond donors (Lipinski definition) is 2. The van der Waals surface area contributed by atoms with E-state index in [0.29, 0.717) is 13.1 Å². The highest BCUT2D eigenvalue weighted by Gasteiger charge is 2.21. The van der Waals surface area contributed by atoms with E-state index in [1.165, 1.54) is 0 Å². The van der Waals surface area contributed by atoms with Gasteiger partial charge in [0.2, 0.25) is 5.91 Å². The molecule has 0 bridgehead atoms. The lowest BCUT2D eigenvalue weighted by Crippen LogP contribution is -2.50. The Morgan fingerprint density at radius 3 is 2.43 bits per heavy atom. The van der Waals surface area contributed by atoms with Gasteiger partial charge in [0.05, 0.1) is 0 Å². The van der Waals surface area contributed by atoms with Crippen LogP contribution in [0.2, 0.25) is 0 Å². The third-order valence-electron chi connectivity index (χ3n) is 3.20. The van der Waals surface area contributed by atoms with Gasteiger partial charge in [0.15, 0.2) is 0 Å². The summed E-state index contributed by atoms with van der Waals surface area (Å²) in [6.07, 6.45) is 5.72. The summed E-state index contributed by atoms with van der Waals surface area (Å²) in [6, 6.07) is -0.606. The molecule has 1 saturated heterocycles. The first-order valence-corrected chi connectivity index (χ1v) is 6.90. The zero-order valence-corrected chi connectivity index (χ0v) is 12.4. The second-order valence-corrected chi connectivity index (χ2v) is 4.59. The maximum absolute atomic E-state index is 12.0. The molecule has 0 aromatic carbocycles. The van der Waals surface area contributed by atoms with E-state index in [0.717, 1.165) is 18.9 Å². The van der Waals surface area contributed by atoms with Crippen molar-refractivity contribution in [2.45, 2.75) is 6.42 Å². The first-order chi connectivity index (χ1) is 10.1. The fraction of sp³-hybridized carbons (Fsp3) is 0.500. The molecule has 1 aliphatic heterocycles. The minimum Gasteiger partial charge on any atom is -0.353 e. The lowest BCUT2D eigenvalue weighted by atomic mass is 10.2. The predicted octanol–water partition coefficient (Wildman–Crippen LogP) is -0.0405. The van der Waals surface area contributed by atoms with Crippen LogP contribution in [-0.4, -0.2) is 67.3 Å². The molecule has 7 heteroatoms. The Hall–Kier alpha value is -2.31. The van der Waals surface area contributed by atoms with Crippen molar-refractivity contribution < 1.29 is 9.59 Å². The van der Waals surface area contributed by atoms with Crippen molar-refractivity contribution >= 4 is 17.8 Å². The summed E-state index contributed by atoms with van der Waals surface area (Å²) in [5.74, 6) is 0.914. The Bertz CT molecular complexity index is 437. The van der Waals surface area contributed by atoms with E-state index in [1.54, 1.807) is 18.0 Å². The normalized spacial score (nSPS) is 16.1. The molecule has 0 unspecified atom stereocenters. The van der Waals surface area contributed by atoms with Crippen LogP contribution in [0.4, 0.5) is 4.79 Å². The first-order valence-electron chi connectivity index (χ1n) is 6.90. The fourth-order valence-corrected chi connectivity index (χ4v) is 2.11. The highest BCUT2D eigenvalue weighted by Crippen LogP contribution is 2.05. The molecule has 1 heterocycles. The van der Waals surface area contributed by atoms with Crippen molar-refractivity contribution in [3.05, 3.63) is 24.8 Å². The van der Waals surface area contributed by atoms with Crippen LogP contribution in [0.15, 0.2) is 29.8 Å². The standard InChI is InChI=1S/C14H23N5O2/c1-3-4-5-12(16-2)18-8-10-19(11-9-18)13(20)6-7-17-14(15)21/h3-5H,1,6-11H2,2H3,(H3,15,17,21)/b5-4-,16-12?. The number of nitrogens with one attached hydrogen (secondary N) is 1. The van der Waals surface area contributed by atoms with E-state index < -0.39 is 6.03 Å². The van der Waals surface area contributed by atoms with Crippen molar-refractivity contribution in [2.24, 2.45) is 10.7 Å². The number of carbonyl (C=O) groups excluding carboxylic acids is 2. The summed E-state index contributed by atoms with van der Waals surface area (Å²) in [5.41, 5.74) is 4.96. The first kappa shape index (κ1) is 16.7. The number of carbonyl (C=O) groups is 2. The Labute approximate surface area is 125 Å². The molecule has 7 nitrogen and oxygen atoms in total. The van der Waals surface area contributed by atoms with Crippen molar-refractivity contribution in [1.29, 1.82) is 0 Å². The third-order valence-corrected chi connectivity index (χ3v) is 3.20. The molecular formula is C14H23N5O2. The maximum Gasteiger partial charge on any atom is 0.312 e. The summed E-state index contributed by atoms with van der Waals surface area (Å²) in [7, 11) is 1.75. The summed E-state index contributed by atoms with van der Waals surface area (Å²) in [6.45, 7) is 6.69. The van der Waals surface area contributed by atoms with Crippen LogP contribution in [0.5, 0.6) is 0 Å². The van der Waals surface area contributed by atoms with Crippen LogP contribution in [0.3, 0.4) is 0 Å². The van der Waals surface area contributed by atoms with E-state index in [9.17, 15) is 9.59 Å². The Kier molecular flexibility index (Phi) is 7.00. The van der Waals surface area contributed by atoms with Crippen LogP contribution in [0.25, 0.3) is 0 Å². The fourth-order valence-electron chi connectivity index (χ4n) is 2.11. The molecule has 0 aromatic heterocycles. The molecule has 0 aliphatic carbocycles. The molecule has 0 aromatic rings. The van der Waals surface area contributed by atoms with Crippen molar-refractivity contribution in [1.82, 2.24) is 15.1 Å². The number of nitrogens with zero attached hydrogens (tertiary/aromatic N) is 3. The van der Waals surface area contributed by atoms with E-state index in [4.69, 9.17) is 5.73 Å².